The van der Waals surface area contributed by atoms with Crippen molar-refractivity contribution >= 4 is 0 Å². The molecule has 0 aliphatic heterocycles. The summed E-state index contributed by atoms with van der Waals surface area (Å²) in [7, 11) is 0. The van der Waals surface area contributed by atoms with Gasteiger partial charge in [-0.1, -0.05) is 6.92 Å². The lowest BCUT2D eigenvalue weighted by Crippen LogP contribution is -2.32. The summed E-state index contributed by atoms with van der Waals surface area (Å²) in [5, 5.41) is 9.45. The van der Waals surface area contributed by atoms with Crippen LogP contribution in [0.25, 0.3) is 0 Å². The molecule has 1 unspecified atom stereocenters. The molecule has 0 aromatic carbocycles. The van der Waals surface area contributed by atoms with Crippen LogP contribution in [0, 0.1) is 28.6 Å². The maximum absolute atomic E-state index is 13.4. The summed E-state index contributed by atoms with van der Waals surface area (Å²) in [6.07, 6.45) is 6.23. The minimum absolute atomic E-state index is 0.00594. The summed E-state index contributed by atoms with van der Waals surface area (Å²) >= 11 is 0. The van der Waals surface area contributed by atoms with Crippen molar-refractivity contribution in [2.75, 3.05) is 0 Å². The van der Waals surface area contributed by atoms with Crippen LogP contribution >= 0.6 is 0 Å². The summed E-state index contributed by atoms with van der Waals surface area (Å²) in [6, 6.07) is 2.47. The van der Waals surface area contributed by atoms with Crippen LogP contribution in [0.15, 0.2) is 0 Å². The van der Waals surface area contributed by atoms with Gasteiger partial charge >= 0.3 is 0 Å². The van der Waals surface area contributed by atoms with Crippen molar-refractivity contribution in [2.24, 2.45) is 17.3 Å². The molecular formula is C15H23F2N. The largest absolute Gasteiger partial charge is 0.248 e. The minimum atomic E-state index is -2.48. The van der Waals surface area contributed by atoms with E-state index in [9.17, 15) is 14.0 Å². The van der Waals surface area contributed by atoms with Crippen molar-refractivity contribution in [3.05, 3.63) is 0 Å². The molecule has 1 atom stereocenters. The number of nitrogens with zero attached hydrogens (tertiary/aromatic N) is 1. The molecule has 102 valence electrons. The quantitative estimate of drug-likeness (QED) is 0.687. The summed E-state index contributed by atoms with van der Waals surface area (Å²) in [6.45, 7) is 2.22. The van der Waals surface area contributed by atoms with Crippen LogP contribution in [-0.4, -0.2) is 5.92 Å². The van der Waals surface area contributed by atoms with Gasteiger partial charge in [0.05, 0.1) is 11.5 Å². The molecule has 2 fully saturated rings. The molecule has 3 heteroatoms. The number of halogens is 2. The number of hydrogen-bond donors (Lipinski definition) is 0. The summed E-state index contributed by atoms with van der Waals surface area (Å²) in [5.74, 6) is -1.73. The van der Waals surface area contributed by atoms with E-state index in [0.29, 0.717) is 18.8 Å². The van der Waals surface area contributed by atoms with Crippen LogP contribution < -0.4 is 0 Å². The van der Waals surface area contributed by atoms with Crippen LogP contribution in [0.4, 0.5) is 8.78 Å². The van der Waals surface area contributed by atoms with Gasteiger partial charge in [-0.3, -0.25) is 0 Å². The molecule has 2 rings (SSSR count). The number of hydrogen-bond acceptors (Lipinski definition) is 1. The van der Waals surface area contributed by atoms with Crippen LogP contribution in [-0.2, 0) is 0 Å². The number of nitriles is 1. The third-order valence-electron chi connectivity index (χ3n) is 4.89. The minimum Gasteiger partial charge on any atom is -0.207 e. The Hall–Kier alpha value is -0.650. The molecule has 0 aromatic heterocycles. The van der Waals surface area contributed by atoms with E-state index in [0.717, 1.165) is 32.1 Å². The third kappa shape index (κ3) is 3.22. The Morgan fingerprint density at radius 3 is 2.39 bits per heavy atom. The van der Waals surface area contributed by atoms with E-state index in [-0.39, 0.29) is 24.2 Å². The fourth-order valence-corrected chi connectivity index (χ4v) is 3.68. The Kier molecular flexibility index (Phi) is 3.94. The molecule has 0 radical (unpaired) electrons. The van der Waals surface area contributed by atoms with Crippen molar-refractivity contribution in [2.45, 2.75) is 70.6 Å². The normalized spacial score (nSPS) is 40.1. The zero-order valence-corrected chi connectivity index (χ0v) is 11.2. The summed E-state index contributed by atoms with van der Waals surface area (Å²) in [4.78, 5) is 0. The number of alkyl halides is 2. The van der Waals surface area contributed by atoms with Crippen molar-refractivity contribution in [3.8, 4) is 6.07 Å². The van der Waals surface area contributed by atoms with E-state index >= 15 is 0 Å². The van der Waals surface area contributed by atoms with Gasteiger partial charge in [0.1, 0.15) is 0 Å². The van der Waals surface area contributed by atoms with Crippen LogP contribution in [0.1, 0.15) is 64.7 Å². The molecular weight excluding hydrogens is 232 g/mol. The smallest absolute Gasteiger partial charge is 0.207 e. The predicted octanol–water partition coefficient (Wildman–Crippen LogP) is 4.92. The SMILES string of the molecule is CC1CCC(C#N)(CC2CCCC(F)(F)C2)CC1. The van der Waals surface area contributed by atoms with Gasteiger partial charge < -0.3 is 0 Å². The Morgan fingerprint density at radius 1 is 1.17 bits per heavy atom. The maximum Gasteiger partial charge on any atom is 0.248 e. The van der Waals surface area contributed by atoms with Crippen LogP contribution in [0.2, 0.25) is 0 Å². The molecule has 0 heterocycles. The summed E-state index contributed by atoms with van der Waals surface area (Å²) in [5.41, 5.74) is -0.301. The Labute approximate surface area is 109 Å². The third-order valence-corrected chi connectivity index (χ3v) is 4.89. The first kappa shape index (κ1) is 13.8. The average molecular weight is 255 g/mol. The first-order valence-corrected chi connectivity index (χ1v) is 7.24. The molecule has 0 spiro atoms. The molecule has 18 heavy (non-hydrogen) atoms. The Bertz CT molecular complexity index is 324. The van der Waals surface area contributed by atoms with Gasteiger partial charge in [0.25, 0.3) is 0 Å². The van der Waals surface area contributed by atoms with Gasteiger partial charge in [-0.15, -0.1) is 0 Å². The van der Waals surface area contributed by atoms with E-state index in [1.165, 1.54) is 0 Å². The zero-order chi connectivity index (χ0) is 13.2. The van der Waals surface area contributed by atoms with Gasteiger partial charge in [0.15, 0.2) is 0 Å². The average Bonchev–Trinajstić information content (AvgIpc) is 2.31. The lowest BCUT2D eigenvalue weighted by atomic mass is 9.65. The second-order valence-electron chi connectivity index (χ2n) is 6.60. The van der Waals surface area contributed by atoms with Crippen LogP contribution in [0.5, 0.6) is 0 Å². The molecule has 0 aromatic rings. The second-order valence-corrected chi connectivity index (χ2v) is 6.60. The number of rotatable bonds is 2. The molecule has 0 saturated heterocycles. The maximum atomic E-state index is 13.4. The molecule has 2 aliphatic rings. The van der Waals surface area contributed by atoms with Crippen molar-refractivity contribution in [3.63, 3.8) is 0 Å². The molecule has 2 aliphatic carbocycles. The fourth-order valence-electron chi connectivity index (χ4n) is 3.68. The van der Waals surface area contributed by atoms with E-state index in [1.54, 1.807) is 0 Å². The highest BCUT2D eigenvalue weighted by molar-refractivity contribution is 5.03. The van der Waals surface area contributed by atoms with E-state index in [2.05, 4.69) is 13.0 Å². The van der Waals surface area contributed by atoms with E-state index in [4.69, 9.17) is 0 Å². The van der Waals surface area contributed by atoms with E-state index < -0.39 is 5.92 Å². The highest BCUT2D eigenvalue weighted by Gasteiger charge is 2.42. The fraction of sp³-hybridized carbons (Fsp3) is 0.933. The van der Waals surface area contributed by atoms with Gasteiger partial charge in [-0.25, -0.2) is 8.78 Å². The van der Waals surface area contributed by atoms with Crippen molar-refractivity contribution in [1.82, 2.24) is 0 Å². The monoisotopic (exact) mass is 255 g/mol. The lowest BCUT2D eigenvalue weighted by molar-refractivity contribution is -0.0591. The van der Waals surface area contributed by atoms with Crippen molar-refractivity contribution in [1.29, 1.82) is 5.26 Å². The Balaban J connectivity index is 1.96. The van der Waals surface area contributed by atoms with E-state index in [1.807, 2.05) is 0 Å². The van der Waals surface area contributed by atoms with Gasteiger partial charge in [-0.2, -0.15) is 5.26 Å². The standard InChI is InChI=1S/C15H23F2N/c1-12-4-7-14(11-18,8-5-12)9-13-3-2-6-15(16,17)10-13/h12-13H,2-10H2,1H3. The molecule has 1 nitrogen and oxygen atoms in total. The molecule has 0 amide bonds. The van der Waals surface area contributed by atoms with Gasteiger partial charge in [0.2, 0.25) is 5.92 Å². The first-order chi connectivity index (χ1) is 8.45. The highest BCUT2D eigenvalue weighted by Crippen LogP contribution is 2.47. The lowest BCUT2D eigenvalue weighted by Gasteiger charge is -2.38. The zero-order valence-electron chi connectivity index (χ0n) is 11.2. The molecule has 0 N–H and O–H groups in total. The molecule has 2 saturated carbocycles. The predicted molar refractivity (Wildman–Crippen MR) is 67.2 cm³/mol. The van der Waals surface area contributed by atoms with Gasteiger partial charge in [0, 0.05) is 12.8 Å². The van der Waals surface area contributed by atoms with Crippen molar-refractivity contribution < 1.29 is 8.78 Å². The van der Waals surface area contributed by atoms with Crippen LogP contribution in [0.3, 0.4) is 0 Å². The topological polar surface area (TPSA) is 23.8 Å². The summed E-state index contributed by atoms with van der Waals surface area (Å²) < 4.78 is 26.8. The second kappa shape index (κ2) is 5.15. The van der Waals surface area contributed by atoms with Gasteiger partial charge in [-0.05, 0) is 56.8 Å². The highest BCUT2D eigenvalue weighted by atomic mass is 19.3. The first-order valence-electron chi connectivity index (χ1n) is 7.24. The Morgan fingerprint density at radius 2 is 1.83 bits per heavy atom. The molecule has 0 bridgehead atoms.